The molecule has 0 radical (unpaired) electrons. The number of hydrogen-bond acceptors (Lipinski definition) is 2. The van der Waals surface area contributed by atoms with Gasteiger partial charge in [-0.1, -0.05) is 79.1 Å². The lowest BCUT2D eigenvalue weighted by Crippen LogP contribution is -2.60. The van der Waals surface area contributed by atoms with Gasteiger partial charge in [-0.3, -0.25) is 0 Å². The molecule has 0 aromatic carbocycles. The van der Waals surface area contributed by atoms with Crippen molar-refractivity contribution < 1.29 is 0 Å². The first-order valence-corrected chi connectivity index (χ1v) is 11.5. The van der Waals surface area contributed by atoms with E-state index in [9.17, 15) is 0 Å². The normalized spacial score (nSPS) is 30.2. The highest BCUT2D eigenvalue weighted by atomic mass is 15.0. The second-order valence-corrected chi connectivity index (χ2v) is 9.59. The molecule has 3 aliphatic carbocycles. The lowest BCUT2D eigenvalue weighted by Gasteiger charge is -2.62. The van der Waals surface area contributed by atoms with E-state index in [1.54, 1.807) is 0 Å². The van der Waals surface area contributed by atoms with E-state index in [1.807, 2.05) is 0 Å². The summed E-state index contributed by atoms with van der Waals surface area (Å²) in [7, 11) is 0. The van der Waals surface area contributed by atoms with Crippen molar-refractivity contribution in [3.63, 3.8) is 0 Å². The number of hydrogen-bond donors (Lipinski definition) is 2. The summed E-state index contributed by atoms with van der Waals surface area (Å²) in [6.07, 6.45) is 15.7. The molecule has 0 aromatic heterocycles. The van der Waals surface area contributed by atoms with Gasteiger partial charge in [-0.15, -0.1) is 0 Å². The third-order valence-electron chi connectivity index (χ3n) is 7.52. The summed E-state index contributed by atoms with van der Waals surface area (Å²) in [5, 5.41) is 7.48. The molecule has 0 saturated heterocycles. The summed E-state index contributed by atoms with van der Waals surface area (Å²) >= 11 is 0. The first-order valence-electron chi connectivity index (χ1n) is 11.5. The van der Waals surface area contributed by atoms with Gasteiger partial charge in [-0.05, 0) is 49.0 Å². The molecular formula is C23H46N2. The Hall–Kier alpha value is -0.0800. The number of unbranched alkanes of at least 4 members (excludes halogenated alkanes) is 8. The van der Waals surface area contributed by atoms with E-state index in [2.05, 4.69) is 38.3 Å². The fourth-order valence-corrected chi connectivity index (χ4v) is 5.45. The van der Waals surface area contributed by atoms with Gasteiger partial charge in [0.25, 0.3) is 0 Å². The maximum Gasteiger partial charge on any atom is 0.00989 e. The summed E-state index contributed by atoms with van der Waals surface area (Å²) in [6, 6.07) is 0.770. The smallest absolute Gasteiger partial charge is 0.00989 e. The lowest BCUT2D eigenvalue weighted by atomic mass is 9.45. The summed E-state index contributed by atoms with van der Waals surface area (Å²) in [5.74, 6) is 2.79. The predicted molar refractivity (Wildman–Crippen MR) is 111 cm³/mol. The van der Waals surface area contributed by atoms with Gasteiger partial charge < -0.3 is 10.6 Å². The van der Waals surface area contributed by atoms with E-state index >= 15 is 0 Å². The zero-order valence-corrected chi connectivity index (χ0v) is 17.7. The van der Waals surface area contributed by atoms with Crippen LogP contribution in [0.1, 0.15) is 98.3 Å². The summed E-state index contributed by atoms with van der Waals surface area (Å²) in [6.45, 7) is 13.2. The topological polar surface area (TPSA) is 24.1 Å². The Labute approximate surface area is 158 Å². The Morgan fingerprint density at radius 2 is 1.44 bits per heavy atom. The second kappa shape index (κ2) is 10.9. The van der Waals surface area contributed by atoms with Crippen LogP contribution >= 0.6 is 0 Å². The van der Waals surface area contributed by atoms with Crippen LogP contribution in [0.3, 0.4) is 0 Å². The highest BCUT2D eigenvalue weighted by molar-refractivity contribution is 5.06. The SMILES string of the molecule is CCCCCCCCCCCNCCN[C@@H]1C[C@@H]2C[C@H]([C@H]1C)C2(C)C. The maximum absolute atomic E-state index is 3.84. The molecule has 25 heavy (non-hydrogen) atoms. The van der Waals surface area contributed by atoms with Crippen LogP contribution in [0.5, 0.6) is 0 Å². The molecule has 3 rings (SSSR count). The minimum absolute atomic E-state index is 0.617. The van der Waals surface area contributed by atoms with Crippen LogP contribution in [0.4, 0.5) is 0 Å². The molecule has 3 fully saturated rings. The van der Waals surface area contributed by atoms with Gasteiger partial charge in [0.2, 0.25) is 0 Å². The molecular weight excluding hydrogens is 304 g/mol. The molecule has 0 unspecified atom stereocenters. The zero-order chi connectivity index (χ0) is 18.1. The van der Waals surface area contributed by atoms with Crippen LogP contribution in [0, 0.1) is 23.2 Å². The van der Waals surface area contributed by atoms with E-state index < -0.39 is 0 Å². The molecule has 0 amide bonds. The first-order chi connectivity index (χ1) is 12.1. The minimum atomic E-state index is 0.617. The average molecular weight is 351 g/mol. The molecule has 4 atom stereocenters. The van der Waals surface area contributed by atoms with Crippen LogP contribution in [0.15, 0.2) is 0 Å². The van der Waals surface area contributed by atoms with E-state index in [-0.39, 0.29) is 0 Å². The average Bonchev–Trinajstić information content (AvgIpc) is 2.59. The largest absolute Gasteiger partial charge is 0.315 e. The molecule has 3 saturated carbocycles. The third-order valence-corrected chi connectivity index (χ3v) is 7.52. The Kier molecular flexibility index (Phi) is 9.27. The van der Waals surface area contributed by atoms with Gasteiger partial charge in [-0.2, -0.15) is 0 Å². The molecule has 2 N–H and O–H groups in total. The van der Waals surface area contributed by atoms with Crippen molar-refractivity contribution in [2.75, 3.05) is 19.6 Å². The monoisotopic (exact) mass is 350 g/mol. The Balaban J connectivity index is 1.36. The van der Waals surface area contributed by atoms with Gasteiger partial charge in [0.15, 0.2) is 0 Å². The highest BCUT2D eigenvalue weighted by Gasteiger charge is 2.55. The minimum Gasteiger partial charge on any atom is -0.315 e. The van der Waals surface area contributed by atoms with Crippen LogP contribution < -0.4 is 10.6 Å². The molecule has 148 valence electrons. The Morgan fingerprint density at radius 1 is 0.800 bits per heavy atom. The van der Waals surface area contributed by atoms with Crippen molar-refractivity contribution in [1.29, 1.82) is 0 Å². The van der Waals surface area contributed by atoms with Crippen molar-refractivity contribution in [2.45, 2.75) is 104 Å². The molecule has 2 bridgehead atoms. The number of nitrogens with one attached hydrogen (secondary N) is 2. The van der Waals surface area contributed by atoms with Gasteiger partial charge >= 0.3 is 0 Å². The maximum atomic E-state index is 3.84. The lowest BCUT2D eigenvalue weighted by molar-refractivity contribution is -0.114. The van der Waals surface area contributed by atoms with Crippen LogP contribution in [0.25, 0.3) is 0 Å². The molecule has 0 spiro atoms. The van der Waals surface area contributed by atoms with E-state index in [0.29, 0.717) is 5.41 Å². The fraction of sp³-hybridized carbons (Fsp3) is 1.00. The van der Waals surface area contributed by atoms with Crippen molar-refractivity contribution in [3.8, 4) is 0 Å². The Morgan fingerprint density at radius 3 is 2.04 bits per heavy atom. The van der Waals surface area contributed by atoms with Gasteiger partial charge in [-0.25, -0.2) is 0 Å². The van der Waals surface area contributed by atoms with E-state index in [1.165, 1.54) is 77.2 Å². The highest BCUT2D eigenvalue weighted by Crippen LogP contribution is 2.61. The number of rotatable bonds is 14. The standard InChI is InChI=1S/C23H46N2/c1-5-6-7-8-9-10-11-12-13-14-24-15-16-25-22-18-20-17-21(19(22)2)23(20,3)4/h19-22,24-25H,5-18H2,1-4H3/t19-,20+,21-,22-/m1/s1. The third kappa shape index (κ3) is 6.24. The van der Waals surface area contributed by atoms with E-state index in [4.69, 9.17) is 0 Å². The molecule has 0 aromatic rings. The molecule has 2 nitrogen and oxygen atoms in total. The summed E-state index contributed by atoms with van der Waals surface area (Å²) in [5.41, 5.74) is 0.617. The van der Waals surface area contributed by atoms with Gasteiger partial charge in [0.05, 0.1) is 0 Å². The van der Waals surface area contributed by atoms with Crippen molar-refractivity contribution in [1.82, 2.24) is 10.6 Å². The fourth-order valence-electron chi connectivity index (χ4n) is 5.45. The molecule has 0 heterocycles. The Bertz CT molecular complexity index is 352. The molecule has 2 heteroatoms. The molecule has 3 aliphatic rings. The van der Waals surface area contributed by atoms with Gasteiger partial charge in [0.1, 0.15) is 0 Å². The summed E-state index contributed by atoms with van der Waals surface area (Å²) < 4.78 is 0. The number of fused-ring (bicyclic) bond motifs is 2. The second-order valence-electron chi connectivity index (χ2n) is 9.59. The zero-order valence-electron chi connectivity index (χ0n) is 17.7. The van der Waals surface area contributed by atoms with Crippen LogP contribution in [-0.2, 0) is 0 Å². The first kappa shape index (κ1) is 21.2. The predicted octanol–water partition coefficient (Wildman–Crippen LogP) is 5.77. The van der Waals surface area contributed by atoms with Gasteiger partial charge in [0, 0.05) is 19.1 Å². The van der Waals surface area contributed by atoms with Crippen molar-refractivity contribution in [3.05, 3.63) is 0 Å². The van der Waals surface area contributed by atoms with E-state index in [0.717, 1.165) is 36.9 Å². The van der Waals surface area contributed by atoms with Crippen LogP contribution in [-0.4, -0.2) is 25.7 Å². The van der Waals surface area contributed by atoms with Crippen molar-refractivity contribution >= 4 is 0 Å². The van der Waals surface area contributed by atoms with Crippen molar-refractivity contribution in [2.24, 2.45) is 23.2 Å². The summed E-state index contributed by atoms with van der Waals surface area (Å²) in [4.78, 5) is 0. The molecule has 0 aliphatic heterocycles. The van der Waals surface area contributed by atoms with Crippen LogP contribution in [0.2, 0.25) is 0 Å². The quantitative estimate of drug-likeness (QED) is 0.389.